The molecule has 1 N–H and O–H groups in total. The summed E-state index contributed by atoms with van der Waals surface area (Å²) in [6.45, 7) is 4.83. The van der Waals surface area contributed by atoms with E-state index in [1.54, 1.807) is 6.07 Å². The number of hydrogen-bond acceptors (Lipinski definition) is 4. The third kappa shape index (κ3) is 4.69. The van der Waals surface area contributed by atoms with Crippen molar-refractivity contribution < 1.29 is 9.59 Å². The lowest BCUT2D eigenvalue weighted by atomic mass is 10.1. The maximum atomic E-state index is 13.2. The highest BCUT2D eigenvalue weighted by molar-refractivity contribution is 8.04. The van der Waals surface area contributed by atoms with E-state index in [-0.39, 0.29) is 11.8 Å². The predicted octanol–water partition coefficient (Wildman–Crippen LogP) is 5.70. The number of piperazine rings is 1. The second kappa shape index (κ2) is 9.57. The van der Waals surface area contributed by atoms with Gasteiger partial charge in [-0.1, -0.05) is 59.8 Å². The van der Waals surface area contributed by atoms with Gasteiger partial charge in [0.2, 0.25) is 0 Å². The number of aryl methyl sites for hydroxylation is 1. The number of halogens is 1. The number of hydrogen-bond donors (Lipinski definition) is 1. The number of nitrogens with zero attached hydrogens (tertiary/aromatic N) is 2. The van der Waals surface area contributed by atoms with Gasteiger partial charge in [-0.05, 0) is 54.5 Å². The van der Waals surface area contributed by atoms with Gasteiger partial charge in [-0.15, -0.1) is 0 Å². The summed E-state index contributed by atoms with van der Waals surface area (Å²) in [5.74, 6) is -0.174. The topological polar surface area (TPSA) is 52.6 Å². The lowest BCUT2D eigenvalue weighted by Gasteiger charge is -2.37. The summed E-state index contributed by atoms with van der Waals surface area (Å²) in [6.07, 6.45) is 1.88. The summed E-state index contributed by atoms with van der Waals surface area (Å²) in [5, 5.41) is 3.67. The van der Waals surface area contributed by atoms with Crippen LogP contribution in [0.2, 0.25) is 5.02 Å². The zero-order chi connectivity index (χ0) is 23.7. The molecule has 7 heteroatoms. The summed E-state index contributed by atoms with van der Waals surface area (Å²) >= 11 is 7.61. The van der Waals surface area contributed by atoms with E-state index in [1.807, 2.05) is 71.6 Å². The minimum atomic E-state index is -0.156. The van der Waals surface area contributed by atoms with Crippen LogP contribution >= 0.6 is 23.4 Å². The molecule has 0 radical (unpaired) electrons. The van der Waals surface area contributed by atoms with Crippen molar-refractivity contribution in [3.63, 3.8) is 0 Å². The molecule has 5 rings (SSSR count). The summed E-state index contributed by atoms with van der Waals surface area (Å²) < 4.78 is 0. The molecule has 5 nitrogen and oxygen atoms in total. The van der Waals surface area contributed by atoms with Crippen molar-refractivity contribution in [3.8, 4) is 0 Å². The van der Waals surface area contributed by atoms with Crippen molar-refractivity contribution in [2.24, 2.45) is 0 Å². The number of amides is 2. The average Bonchev–Trinajstić information content (AvgIpc) is 2.86. The van der Waals surface area contributed by atoms with Crippen molar-refractivity contribution in [1.29, 1.82) is 0 Å². The zero-order valence-electron chi connectivity index (χ0n) is 18.8. The molecule has 2 aliphatic rings. The Morgan fingerprint density at radius 3 is 2.53 bits per heavy atom. The van der Waals surface area contributed by atoms with Crippen LogP contribution in [0, 0.1) is 6.92 Å². The summed E-state index contributed by atoms with van der Waals surface area (Å²) in [7, 11) is 0. The Bertz CT molecular complexity index is 1280. The van der Waals surface area contributed by atoms with E-state index in [0.29, 0.717) is 29.2 Å². The normalized spacial score (nSPS) is 16.9. The van der Waals surface area contributed by atoms with Gasteiger partial charge in [-0.25, -0.2) is 0 Å². The van der Waals surface area contributed by atoms with Crippen LogP contribution in [0.1, 0.15) is 21.5 Å². The van der Waals surface area contributed by atoms with Crippen LogP contribution in [-0.4, -0.2) is 42.9 Å². The molecular weight excluding hydrogens is 466 g/mol. The van der Waals surface area contributed by atoms with E-state index in [4.69, 9.17) is 11.6 Å². The Labute approximate surface area is 208 Å². The van der Waals surface area contributed by atoms with Crippen LogP contribution in [0.4, 0.5) is 11.4 Å². The standard InChI is InChI=1S/C27H24ClN3O2S/c1-18-7-9-21(28)17-23(18)30-11-13-31(14-12-30)27(33)20-8-10-24-22(16-20)29-26(32)25(34-24)15-19-5-3-2-4-6-19/h2-10,15-17H,11-14H2,1H3,(H,29,32)/b25-15-. The number of carbonyl (C=O) groups excluding carboxylic acids is 2. The maximum absolute atomic E-state index is 13.2. The molecular formula is C27H24ClN3O2S. The number of carbonyl (C=O) groups is 2. The monoisotopic (exact) mass is 489 g/mol. The van der Waals surface area contributed by atoms with Crippen molar-refractivity contribution in [2.45, 2.75) is 11.8 Å². The number of rotatable bonds is 3. The zero-order valence-corrected chi connectivity index (χ0v) is 20.3. The quantitative estimate of drug-likeness (QED) is 0.480. The minimum Gasteiger partial charge on any atom is -0.368 e. The van der Waals surface area contributed by atoms with Gasteiger partial charge in [-0.2, -0.15) is 0 Å². The molecule has 0 aromatic heterocycles. The number of benzene rings is 3. The van der Waals surface area contributed by atoms with E-state index < -0.39 is 0 Å². The van der Waals surface area contributed by atoms with Gasteiger partial charge in [-0.3, -0.25) is 9.59 Å². The summed E-state index contributed by atoms with van der Waals surface area (Å²) in [5.41, 5.74) is 4.53. The summed E-state index contributed by atoms with van der Waals surface area (Å²) in [6, 6.07) is 21.2. The van der Waals surface area contributed by atoms with Crippen LogP contribution < -0.4 is 10.2 Å². The van der Waals surface area contributed by atoms with Gasteiger partial charge in [0.15, 0.2) is 0 Å². The van der Waals surface area contributed by atoms with Crippen LogP contribution in [0.5, 0.6) is 0 Å². The average molecular weight is 490 g/mol. The van der Waals surface area contributed by atoms with Gasteiger partial charge >= 0.3 is 0 Å². The molecule has 3 aromatic rings. The molecule has 1 fully saturated rings. The predicted molar refractivity (Wildman–Crippen MR) is 140 cm³/mol. The van der Waals surface area contributed by atoms with Gasteiger partial charge in [0.1, 0.15) is 0 Å². The van der Waals surface area contributed by atoms with Crippen molar-refractivity contribution in [2.75, 3.05) is 36.4 Å². The summed E-state index contributed by atoms with van der Waals surface area (Å²) in [4.78, 5) is 31.6. The first-order chi connectivity index (χ1) is 16.5. The first kappa shape index (κ1) is 22.6. The molecule has 0 unspecified atom stereocenters. The SMILES string of the molecule is Cc1ccc(Cl)cc1N1CCN(C(=O)c2ccc3c(c2)NC(=O)/C(=C/c2ccccc2)S3)CC1. The highest BCUT2D eigenvalue weighted by Gasteiger charge is 2.26. The molecule has 172 valence electrons. The van der Waals surface area contributed by atoms with Crippen LogP contribution in [0.25, 0.3) is 6.08 Å². The van der Waals surface area contributed by atoms with Gasteiger partial charge in [0.05, 0.1) is 10.6 Å². The Morgan fingerprint density at radius 1 is 1.00 bits per heavy atom. The van der Waals surface area contributed by atoms with E-state index in [2.05, 4.69) is 17.1 Å². The van der Waals surface area contributed by atoms with Crippen molar-refractivity contribution >= 4 is 52.6 Å². The molecule has 3 aromatic carbocycles. The molecule has 0 aliphatic carbocycles. The van der Waals surface area contributed by atoms with Crippen LogP contribution in [-0.2, 0) is 4.79 Å². The first-order valence-corrected chi connectivity index (χ1v) is 12.4. The van der Waals surface area contributed by atoms with Crippen LogP contribution in [0.3, 0.4) is 0 Å². The Balaban J connectivity index is 1.27. The smallest absolute Gasteiger partial charge is 0.262 e. The Morgan fingerprint density at radius 2 is 1.76 bits per heavy atom. The van der Waals surface area contributed by atoms with E-state index in [1.165, 1.54) is 17.3 Å². The third-order valence-corrected chi connectivity index (χ3v) is 7.43. The molecule has 34 heavy (non-hydrogen) atoms. The third-order valence-electron chi connectivity index (χ3n) is 6.09. The minimum absolute atomic E-state index is 0.0184. The number of thioether (sulfide) groups is 1. The highest BCUT2D eigenvalue weighted by atomic mass is 35.5. The number of anilines is 2. The molecule has 2 aliphatic heterocycles. The van der Waals surface area contributed by atoms with E-state index in [0.717, 1.165) is 34.3 Å². The van der Waals surface area contributed by atoms with Gasteiger partial charge < -0.3 is 15.1 Å². The second-order valence-corrected chi connectivity index (χ2v) is 9.92. The fourth-order valence-corrected chi connectivity index (χ4v) is 5.35. The fraction of sp³-hybridized carbons (Fsp3) is 0.185. The van der Waals surface area contributed by atoms with Gasteiger partial charge in [0, 0.05) is 47.3 Å². The molecule has 2 amide bonds. The lowest BCUT2D eigenvalue weighted by Crippen LogP contribution is -2.49. The van der Waals surface area contributed by atoms with Crippen molar-refractivity contribution in [3.05, 3.63) is 93.3 Å². The molecule has 0 spiro atoms. The molecule has 2 heterocycles. The van der Waals surface area contributed by atoms with Crippen molar-refractivity contribution in [1.82, 2.24) is 4.90 Å². The number of fused-ring (bicyclic) bond motifs is 1. The van der Waals surface area contributed by atoms with E-state index in [9.17, 15) is 9.59 Å². The van der Waals surface area contributed by atoms with Gasteiger partial charge in [0.25, 0.3) is 11.8 Å². The lowest BCUT2D eigenvalue weighted by molar-refractivity contribution is -0.112. The van der Waals surface area contributed by atoms with E-state index >= 15 is 0 Å². The molecule has 0 saturated carbocycles. The fourth-order valence-electron chi connectivity index (χ4n) is 4.25. The number of nitrogens with one attached hydrogen (secondary N) is 1. The molecule has 0 atom stereocenters. The second-order valence-electron chi connectivity index (χ2n) is 8.40. The maximum Gasteiger partial charge on any atom is 0.262 e. The Hall–Kier alpha value is -3.22. The largest absolute Gasteiger partial charge is 0.368 e. The van der Waals surface area contributed by atoms with Crippen LogP contribution in [0.15, 0.2) is 76.5 Å². The highest BCUT2D eigenvalue weighted by Crippen LogP contribution is 2.39. The Kier molecular flexibility index (Phi) is 6.35. The molecule has 1 saturated heterocycles. The molecule has 0 bridgehead atoms. The first-order valence-electron chi connectivity index (χ1n) is 11.2.